The maximum atomic E-state index is 5.80. The zero-order valence-corrected chi connectivity index (χ0v) is 12.4. The van der Waals surface area contributed by atoms with Crippen LogP contribution in [0, 0.1) is 6.92 Å². The highest BCUT2D eigenvalue weighted by atomic mass is 32.1. The molecule has 0 saturated carbocycles. The van der Waals surface area contributed by atoms with Crippen molar-refractivity contribution in [2.24, 2.45) is 5.73 Å². The number of hydrogen-bond acceptors (Lipinski definition) is 3. The Morgan fingerprint density at radius 1 is 1.14 bits per heavy atom. The SMILES string of the molecule is Cc1ccc(Nc2cnc3ccccc3c2)c(C(N)=S)c1. The molecule has 1 aromatic heterocycles. The molecule has 104 valence electrons. The fourth-order valence-corrected chi connectivity index (χ4v) is 2.43. The first-order valence-corrected chi connectivity index (χ1v) is 7.06. The monoisotopic (exact) mass is 293 g/mol. The Bertz CT molecular complexity index is 827. The first kappa shape index (κ1) is 13.5. The van der Waals surface area contributed by atoms with E-state index in [2.05, 4.69) is 16.4 Å². The van der Waals surface area contributed by atoms with Crippen LogP contribution >= 0.6 is 12.2 Å². The first-order valence-electron chi connectivity index (χ1n) is 6.66. The number of para-hydroxylation sites is 1. The van der Waals surface area contributed by atoms with Crippen LogP contribution in [0.5, 0.6) is 0 Å². The van der Waals surface area contributed by atoms with Crippen molar-refractivity contribution in [2.75, 3.05) is 5.32 Å². The van der Waals surface area contributed by atoms with Crippen LogP contribution in [-0.4, -0.2) is 9.97 Å². The Morgan fingerprint density at radius 3 is 2.76 bits per heavy atom. The molecule has 0 aliphatic carbocycles. The van der Waals surface area contributed by atoms with E-state index in [9.17, 15) is 0 Å². The zero-order chi connectivity index (χ0) is 14.8. The third kappa shape index (κ3) is 2.85. The summed E-state index contributed by atoms with van der Waals surface area (Å²) in [5, 5.41) is 4.43. The van der Waals surface area contributed by atoms with E-state index in [-0.39, 0.29) is 0 Å². The normalized spacial score (nSPS) is 10.5. The second-order valence-electron chi connectivity index (χ2n) is 4.95. The maximum absolute atomic E-state index is 5.80. The molecule has 3 rings (SSSR count). The number of nitrogens with zero attached hydrogens (tertiary/aromatic N) is 1. The number of aryl methyl sites for hydroxylation is 1. The van der Waals surface area contributed by atoms with Gasteiger partial charge in [0.05, 0.1) is 17.4 Å². The van der Waals surface area contributed by atoms with Gasteiger partial charge in [-0.25, -0.2) is 0 Å². The number of rotatable bonds is 3. The van der Waals surface area contributed by atoms with E-state index in [1.54, 1.807) is 0 Å². The summed E-state index contributed by atoms with van der Waals surface area (Å²) in [6.07, 6.45) is 1.81. The number of thiocarbonyl (C=S) groups is 1. The smallest absolute Gasteiger partial charge is 0.106 e. The molecule has 1 heterocycles. The van der Waals surface area contributed by atoms with Crippen molar-refractivity contribution in [1.29, 1.82) is 0 Å². The summed E-state index contributed by atoms with van der Waals surface area (Å²) in [5.74, 6) is 0. The molecular formula is C17H15N3S. The number of fused-ring (bicyclic) bond motifs is 1. The number of hydrogen-bond donors (Lipinski definition) is 2. The van der Waals surface area contributed by atoms with Gasteiger partial charge in [0.25, 0.3) is 0 Å². The minimum absolute atomic E-state index is 0.384. The zero-order valence-electron chi connectivity index (χ0n) is 11.6. The van der Waals surface area contributed by atoms with Gasteiger partial charge in [-0.1, -0.05) is 42.0 Å². The lowest BCUT2D eigenvalue weighted by Crippen LogP contribution is -2.12. The molecule has 0 radical (unpaired) electrons. The average molecular weight is 293 g/mol. The molecule has 0 aliphatic heterocycles. The van der Waals surface area contributed by atoms with Crippen LogP contribution in [0.3, 0.4) is 0 Å². The number of nitrogens with one attached hydrogen (secondary N) is 1. The van der Waals surface area contributed by atoms with Gasteiger partial charge in [0.1, 0.15) is 4.99 Å². The molecule has 3 aromatic rings. The van der Waals surface area contributed by atoms with Gasteiger partial charge in [-0.2, -0.15) is 0 Å². The molecule has 0 spiro atoms. The third-order valence-electron chi connectivity index (χ3n) is 3.31. The highest BCUT2D eigenvalue weighted by Gasteiger charge is 2.06. The van der Waals surface area contributed by atoms with Crippen LogP contribution < -0.4 is 11.1 Å². The first-order chi connectivity index (χ1) is 10.1. The molecular weight excluding hydrogens is 278 g/mol. The lowest BCUT2D eigenvalue weighted by Gasteiger charge is -2.12. The summed E-state index contributed by atoms with van der Waals surface area (Å²) in [5.41, 5.74) is 10.6. The van der Waals surface area contributed by atoms with Crippen molar-refractivity contribution in [1.82, 2.24) is 4.98 Å². The van der Waals surface area contributed by atoms with Crippen molar-refractivity contribution in [3.63, 3.8) is 0 Å². The summed E-state index contributed by atoms with van der Waals surface area (Å²) < 4.78 is 0. The predicted octanol–water partition coefficient (Wildman–Crippen LogP) is 3.92. The molecule has 0 unspecified atom stereocenters. The minimum Gasteiger partial charge on any atom is -0.389 e. The Hall–Kier alpha value is -2.46. The van der Waals surface area contributed by atoms with E-state index in [0.29, 0.717) is 4.99 Å². The Labute approximate surface area is 128 Å². The molecule has 0 fully saturated rings. The second-order valence-corrected chi connectivity index (χ2v) is 5.39. The Balaban J connectivity index is 2.00. The standard InChI is InChI=1S/C17H15N3S/c1-11-6-7-16(14(8-11)17(18)21)20-13-9-12-4-2-3-5-15(12)19-10-13/h2-10,20H,1H3,(H2,18,21). The average Bonchev–Trinajstić information content (AvgIpc) is 2.49. The van der Waals surface area contributed by atoms with Gasteiger partial charge in [0.2, 0.25) is 0 Å². The fraction of sp³-hybridized carbons (Fsp3) is 0.0588. The van der Waals surface area contributed by atoms with Gasteiger partial charge in [-0.3, -0.25) is 4.98 Å². The lowest BCUT2D eigenvalue weighted by atomic mass is 10.1. The summed E-state index contributed by atoms with van der Waals surface area (Å²) in [4.78, 5) is 4.83. The van der Waals surface area contributed by atoms with Crippen LogP contribution in [0.15, 0.2) is 54.7 Å². The molecule has 3 N–H and O–H groups in total. The number of nitrogens with two attached hydrogens (primary N) is 1. The van der Waals surface area contributed by atoms with Crippen LogP contribution in [0.1, 0.15) is 11.1 Å². The summed E-state index contributed by atoms with van der Waals surface area (Å²) in [7, 11) is 0. The van der Waals surface area contributed by atoms with E-state index in [1.807, 2.05) is 55.6 Å². The topological polar surface area (TPSA) is 50.9 Å². The molecule has 0 aliphatic rings. The van der Waals surface area contributed by atoms with Gasteiger partial charge < -0.3 is 11.1 Å². The lowest BCUT2D eigenvalue weighted by molar-refractivity contribution is 1.38. The third-order valence-corrected chi connectivity index (χ3v) is 3.53. The van der Waals surface area contributed by atoms with Gasteiger partial charge in [0.15, 0.2) is 0 Å². The van der Waals surface area contributed by atoms with Crippen LogP contribution in [-0.2, 0) is 0 Å². The van der Waals surface area contributed by atoms with E-state index >= 15 is 0 Å². The number of anilines is 2. The van der Waals surface area contributed by atoms with E-state index < -0.39 is 0 Å². The fourth-order valence-electron chi connectivity index (χ4n) is 2.27. The molecule has 2 aromatic carbocycles. The van der Waals surface area contributed by atoms with E-state index in [4.69, 9.17) is 18.0 Å². The van der Waals surface area contributed by atoms with Crippen LogP contribution in [0.25, 0.3) is 10.9 Å². The molecule has 0 bridgehead atoms. The highest BCUT2D eigenvalue weighted by molar-refractivity contribution is 7.80. The van der Waals surface area contributed by atoms with Gasteiger partial charge in [-0.15, -0.1) is 0 Å². The maximum Gasteiger partial charge on any atom is 0.106 e. The minimum atomic E-state index is 0.384. The summed E-state index contributed by atoms with van der Waals surface area (Å²) in [6, 6.07) is 16.1. The van der Waals surface area contributed by atoms with Crippen LogP contribution in [0.4, 0.5) is 11.4 Å². The largest absolute Gasteiger partial charge is 0.389 e. The van der Waals surface area contributed by atoms with E-state index in [0.717, 1.165) is 33.4 Å². The van der Waals surface area contributed by atoms with E-state index in [1.165, 1.54) is 0 Å². The van der Waals surface area contributed by atoms with Gasteiger partial charge >= 0.3 is 0 Å². The summed E-state index contributed by atoms with van der Waals surface area (Å²) >= 11 is 5.12. The molecule has 0 amide bonds. The molecule has 0 saturated heterocycles. The van der Waals surface area contributed by atoms with Crippen molar-refractivity contribution >= 4 is 39.5 Å². The number of pyridine rings is 1. The molecule has 0 atom stereocenters. The van der Waals surface area contributed by atoms with Crippen molar-refractivity contribution in [3.8, 4) is 0 Å². The van der Waals surface area contributed by atoms with Crippen molar-refractivity contribution in [2.45, 2.75) is 6.92 Å². The predicted molar refractivity (Wildman–Crippen MR) is 92.1 cm³/mol. The number of aromatic nitrogens is 1. The van der Waals surface area contributed by atoms with Crippen molar-refractivity contribution < 1.29 is 0 Å². The number of benzene rings is 2. The molecule has 4 heteroatoms. The second kappa shape index (κ2) is 5.50. The summed E-state index contributed by atoms with van der Waals surface area (Å²) in [6.45, 7) is 2.02. The molecule has 21 heavy (non-hydrogen) atoms. The Kier molecular flexibility index (Phi) is 3.54. The quantitative estimate of drug-likeness (QED) is 0.719. The highest BCUT2D eigenvalue weighted by Crippen LogP contribution is 2.24. The van der Waals surface area contributed by atoms with Crippen molar-refractivity contribution in [3.05, 3.63) is 65.9 Å². The van der Waals surface area contributed by atoms with Crippen LogP contribution in [0.2, 0.25) is 0 Å². The van der Waals surface area contributed by atoms with Gasteiger partial charge in [0, 0.05) is 16.6 Å². The van der Waals surface area contributed by atoms with Gasteiger partial charge in [-0.05, 0) is 31.2 Å². The Morgan fingerprint density at radius 2 is 1.95 bits per heavy atom. The molecule has 3 nitrogen and oxygen atoms in total.